The summed E-state index contributed by atoms with van der Waals surface area (Å²) in [6.07, 6.45) is 7.50. The number of hydrogen-bond acceptors (Lipinski definition) is 4. The Hall–Kier alpha value is -2.34. The van der Waals surface area contributed by atoms with Crippen molar-refractivity contribution >= 4 is 23.4 Å². The number of hydrogen-bond donors (Lipinski definition) is 0. The number of benzene rings is 1. The highest BCUT2D eigenvalue weighted by molar-refractivity contribution is 6.31. The molecule has 0 radical (unpaired) electrons. The number of nitrogens with zero attached hydrogens (tertiary/aromatic N) is 3. The molecule has 0 unspecified atom stereocenters. The predicted octanol–water partition coefficient (Wildman–Crippen LogP) is 3.98. The van der Waals surface area contributed by atoms with Crippen LogP contribution in [0.1, 0.15) is 61.8 Å². The second kappa shape index (κ2) is 8.99. The zero-order valence-corrected chi connectivity index (χ0v) is 17.2. The number of carbonyl (C=O) groups excluding carboxylic acids is 2. The van der Waals surface area contributed by atoms with E-state index < -0.39 is 0 Å². The second-order valence-electron chi connectivity index (χ2n) is 7.80. The summed E-state index contributed by atoms with van der Waals surface area (Å²) in [7, 11) is 0. The van der Waals surface area contributed by atoms with E-state index in [0.29, 0.717) is 36.8 Å². The van der Waals surface area contributed by atoms with Crippen LogP contribution >= 0.6 is 11.6 Å². The van der Waals surface area contributed by atoms with Crippen LogP contribution in [-0.4, -0.2) is 46.2 Å². The number of carbonyl (C=O) groups is 2. The predicted molar refractivity (Wildman–Crippen MR) is 109 cm³/mol. The van der Waals surface area contributed by atoms with Crippen LogP contribution < -0.4 is 0 Å². The Morgan fingerprint density at radius 3 is 2.90 bits per heavy atom. The molecule has 2 saturated heterocycles. The third-order valence-corrected chi connectivity index (χ3v) is 6.12. The lowest BCUT2D eigenvalue weighted by Gasteiger charge is -2.26. The maximum atomic E-state index is 12.9. The van der Waals surface area contributed by atoms with E-state index in [2.05, 4.69) is 4.98 Å². The Bertz CT molecular complexity index is 882. The van der Waals surface area contributed by atoms with Gasteiger partial charge in [0.25, 0.3) is 0 Å². The minimum Gasteiger partial charge on any atom is -0.443 e. The molecule has 29 heavy (non-hydrogen) atoms. The lowest BCUT2D eigenvalue weighted by atomic mass is 10.1. The molecule has 1 aromatic heterocycles. The van der Waals surface area contributed by atoms with Gasteiger partial charge >= 0.3 is 0 Å². The van der Waals surface area contributed by atoms with Crippen molar-refractivity contribution < 1.29 is 14.0 Å². The Kier molecular flexibility index (Phi) is 6.19. The van der Waals surface area contributed by atoms with Crippen molar-refractivity contribution in [2.24, 2.45) is 0 Å². The van der Waals surface area contributed by atoms with Gasteiger partial charge in [0.1, 0.15) is 11.8 Å². The first-order valence-corrected chi connectivity index (χ1v) is 10.7. The van der Waals surface area contributed by atoms with Crippen molar-refractivity contribution in [2.45, 2.75) is 51.0 Å². The zero-order chi connectivity index (χ0) is 20.2. The van der Waals surface area contributed by atoms with Crippen LogP contribution in [0.4, 0.5) is 0 Å². The summed E-state index contributed by atoms with van der Waals surface area (Å²) in [6.45, 7) is 1.50. The lowest BCUT2D eigenvalue weighted by molar-refractivity contribution is -0.141. The summed E-state index contributed by atoms with van der Waals surface area (Å²) in [5.74, 6) is 1.37. The van der Waals surface area contributed by atoms with Crippen molar-refractivity contribution in [3.8, 4) is 0 Å². The first-order chi connectivity index (χ1) is 14.1. The molecule has 2 aromatic rings. The lowest BCUT2D eigenvalue weighted by Crippen LogP contribution is -2.42. The summed E-state index contributed by atoms with van der Waals surface area (Å²) in [6, 6.07) is 7.50. The molecule has 0 N–H and O–H groups in total. The van der Waals surface area contributed by atoms with Crippen molar-refractivity contribution in [3.63, 3.8) is 0 Å². The minimum atomic E-state index is -0.162. The smallest absolute Gasteiger partial charge is 0.242 e. The fourth-order valence-electron chi connectivity index (χ4n) is 4.17. The molecule has 7 heteroatoms. The molecule has 0 bridgehead atoms. The third kappa shape index (κ3) is 4.64. The van der Waals surface area contributed by atoms with Crippen molar-refractivity contribution in [3.05, 3.63) is 52.7 Å². The van der Waals surface area contributed by atoms with Gasteiger partial charge in [-0.05, 0) is 37.3 Å². The quantitative estimate of drug-likeness (QED) is 0.740. The zero-order valence-electron chi connectivity index (χ0n) is 16.5. The minimum absolute atomic E-state index is 0.0198. The molecular formula is C22H26ClN3O3. The fourth-order valence-corrected chi connectivity index (χ4v) is 4.37. The van der Waals surface area contributed by atoms with Crippen LogP contribution in [0.25, 0.3) is 0 Å². The maximum Gasteiger partial charge on any atom is 0.242 e. The number of halogens is 1. The van der Waals surface area contributed by atoms with Crippen LogP contribution in [0.2, 0.25) is 5.02 Å². The molecule has 1 atom stereocenters. The molecule has 2 aliphatic heterocycles. The van der Waals surface area contributed by atoms with E-state index in [1.807, 2.05) is 29.2 Å². The molecule has 4 rings (SSSR count). The second-order valence-corrected chi connectivity index (χ2v) is 8.21. The van der Waals surface area contributed by atoms with Gasteiger partial charge in [-0.2, -0.15) is 0 Å². The summed E-state index contributed by atoms with van der Waals surface area (Å²) < 4.78 is 5.99. The molecule has 2 aliphatic rings. The Balaban J connectivity index is 1.43. The first kappa shape index (κ1) is 20.0. The topological polar surface area (TPSA) is 66.7 Å². The van der Waals surface area contributed by atoms with Crippen molar-refractivity contribution in [2.75, 3.05) is 19.6 Å². The van der Waals surface area contributed by atoms with Crippen LogP contribution in [0, 0.1) is 0 Å². The SMILES string of the molecule is O=C1CCCCCN1CC(=O)N1CCC[C@@H]1c1ncc(Cc2ccccc2Cl)o1. The molecule has 1 aromatic carbocycles. The van der Waals surface area contributed by atoms with Gasteiger partial charge in [0.05, 0.1) is 12.7 Å². The molecule has 3 heterocycles. The molecule has 0 spiro atoms. The Labute approximate surface area is 175 Å². The normalized spacial score (nSPS) is 20.2. The van der Waals surface area contributed by atoms with E-state index in [1.165, 1.54) is 0 Å². The van der Waals surface area contributed by atoms with Crippen molar-refractivity contribution in [1.29, 1.82) is 0 Å². The van der Waals surface area contributed by atoms with Gasteiger partial charge in [-0.1, -0.05) is 36.2 Å². The van der Waals surface area contributed by atoms with E-state index in [9.17, 15) is 9.59 Å². The molecule has 0 aliphatic carbocycles. The van der Waals surface area contributed by atoms with Gasteiger partial charge < -0.3 is 14.2 Å². The summed E-state index contributed by atoms with van der Waals surface area (Å²) in [4.78, 5) is 33.2. The fraction of sp³-hybridized carbons (Fsp3) is 0.500. The van der Waals surface area contributed by atoms with Gasteiger partial charge in [-0.3, -0.25) is 9.59 Å². The largest absolute Gasteiger partial charge is 0.443 e. The average Bonchev–Trinajstić information content (AvgIpc) is 3.33. The van der Waals surface area contributed by atoms with Crippen LogP contribution in [-0.2, 0) is 16.0 Å². The van der Waals surface area contributed by atoms with E-state index in [4.69, 9.17) is 16.0 Å². The number of amides is 2. The number of aromatic nitrogens is 1. The van der Waals surface area contributed by atoms with Gasteiger partial charge in [0.15, 0.2) is 0 Å². The average molecular weight is 416 g/mol. The van der Waals surface area contributed by atoms with Crippen LogP contribution in [0.3, 0.4) is 0 Å². The first-order valence-electron chi connectivity index (χ1n) is 10.4. The van der Waals surface area contributed by atoms with E-state index in [1.54, 1.807) is 11.1 Å². The van der Waals surface area contributed by atoms with Gasteiger partial charge in [-0.25, -0.2) is 4.98 Å². The highest BCUT2D eigenvalue weighted by atomic mass is 35.5. The van der Waals surface area contributed by atoms with Gasteiger partial charge in [0.2, 0.25) is 17.7 Å². The number of rotatable bonds is 5. The molecule has 6 nitrogen and oxygen atoms in total. The molecule has 2 amide bonds. The number of likely N-dealkylation sites (tertiary alicyclic amines) is 2. The van der Waals surface area contributed by atoms with Gasteiger partial charge in [0, 0.05) is 31.0 Å². The van der Waals surface area contributed by atoms with Crippen LogP contribution in [0.15, 0.2) is 34.9 Å². The molecule has 2 fully saturated rings. The van der Waals surface area contributed by atoms with Crippen LogP contribution in [0.5, 0.6) is 0 Å². The standard InChI is InChI=1S/C22H26ClN3O3/c23-18-8-4-3-7-16(18)13-17-14-24-22(29-17)19-9-6-12-26(19)21(28)15-25-11-5-1-2-10-20(25)27/h3-4,7-8,14,19H,1-2,5-6,9-13,15H2/t19-/m1/s1. The Morgan fingerprint density at radius 1 is 1.17 bits per heavy atom. The van der Waals surface area contributed by atoms with E-state index in [0.717, 1.165) is 43.4 Å². The highest BCUT2D eigenvalue weighted by Crippen LogP contribution is 2.32. The monoisotopic (exact) mass is 415 g/mol. The highest BCUT2D eigenvalue weighted by Gasteiger charge is 2.34. The third-order valence-electron chi connectivity index (χ3n) is 5.75. The van der Waals surface area contributed by atoms with Gasteiger partial charge in [-0.15, -0.1) is 0 Å². The number of oxazole rings is 1. The molecule has 154 valence electrons. The Morgan fingerprint density at radius 2 is 2.03 bits per heavy atom. The summed E-state index contributed by atoms with van der Waals surface area (Å²) in [5, 5.41) is 0.699. The van der Waals surface area contributed by atoms with E-state index >= 15 is 0 Å². The van der Waals surface area contributed by atoms with E-state index in [-0.39, 0.29) is 24.4 Å². The molecular weight excluding hydrogens is 390 g/mol. The molecule has 0 saturated carbocycles. The summed E-state index contributed by atoms with van der Waals surface area (Å²) >= 11 is 6.24. The maximum absolute atomic E-state index is 12.9. The summed E-state index contributed by atoms with van der Waals surface area (Å²) in [5.41, 5.74) is 0.982. The van der Waals surface area contributed by atoms with Crippen molar-refractivity contribution in [1.82, 2.24) is 14.8 Å².